The standard InChI is InChI=1S/C3H9N3OS.CH5N3S.BrH/c1-2-8-6-5-3(4)7;2-1(5)4-3;/h6H,2H2,1H3,(H3,4,5,7);3H2,(H3,2,4,5);1H. The summed E-state index contributed by atoms with van der Waals surface area (Å²) in [6.07, 6.45) is 0. The second-order valence-corrected chi connectivity index (χ2v) is 3.04. The predicted octanol–water partition coefficient (Wildman–Crippen LogP) is -0.901. The summed E-state index contributed by atoms with van der Waals surface area (Å²) < 4.78 is 0. The highest BCUT2D eigenvalue weighted by Gasteiger charge is 1.84. The molecule has 10 heteroatoms. The molecule has 0 aromatic heterocycles. The van der Waals surface area contributed by atoms with E-state index in [1.807, 2.05) is 12.3 Å². The van der Waals surface area contributed by atoms with Crippen molar-refractivity contribution in [2.24, 2.45) is 17.3 Å². The Morgan fingerprint density at radius 3 is 2.14 bits per heavy atom. The van der Waals surface area contributed by atoms with Gasteiger partial charge in [0.2, 0.25) is 0 Å². The van der Waals surface area contributed by atoms with Crippen LogP contribution in [0.25, 0.3) is 0 Å². The molecule has 0 rings (SSSR count). The molecule has 0 atom stereocenters. The Hall–Kier alpha value is -0.290. The van der Waals surface area contributed by atoms with Gasteiger partial charge in [-0.15, -0.1) is 17.0 Å². The number of halogens is 1. The Labute approximate surface area is 103 Å². The minimum atomic E-state index is -0.564. The van der Waals surface area contributed by atoms with Gasteiger partial charge in [-0.05, 0) is 12.2 Å². The maximum atomic E-state index is 9.91. The highest BCUT2D eigenvalue weighted by Crippen LogP contribution is 1.84. The number of carbonyl (C=O) groups is 1. The Morgan fingerprint density at radius 2 is 1.93 bits per heavy atom. The van der Waals surface area contributed by atoms with Gasteiger partial charge < -0.3 is 16.9 Å². The van der Waals surface area contributed by atoms with Crippen LogP contribution in [0.4, 0.5) is 4.79 Å². The Kier molecular flexibility index (Phi) is 21.0. The summed E-state index contributed by atoms with van der Waals surface area (Å²) in [5.41, 5.74) is 13.7. The van der Waals surface area contributed by atoms with Crippen molar-refractivity contribution in [3.8, 4) is 0 Å². The topological polar surface area (TPSA) is 131 Å². The first-order valence-corrected chi connectivity index (χ1v) is 4.62. The van der Waals surface area contributed by atoms with Gasteiger partial charge in [0.15, 0.2) is 5.11 Å². The van der Waals surface area contributed by atoms with Gasteiger partial charge in [0.05, 0.1) is 0 Å². The van der Waals surface area contributed by atoms with Gasteiger partial charge in [0, 0.05) is 5.75 Å². The van der Waals surface area contributed by atoms with Gasteiger partial charge in [-0.2, -0.15) is 4.83 Å². The highest BCUT2D eigenvalue weighted by molar-refractivity contribution is 8.93. The smallest absolute Gasteiger partial charge is 0.327 e. The third-order valence-corrected chi connectivity index (χ3v) is 1.19. The Balaban J connectivity index is -0.000000177. The van der Waals surface area contributed by atoms with Crippen LogP contribution >= 0.6 is 41.1 Å². The van der Waals surface area contributed by atoms with Crippen LogP contribution in [0.2, 0.25) is 0 Å². The minimum Gasteiger partial charge on any atom is -0.375 e. The Morgan fingerprint density at radius 1 is 1.50 bits per heavy atom. The molecule has 86 valence electrons. The van der Waals surface area contributed by atoms with Crippen molar-refractivity contribution in [1.29, 1.82) is 0 Å². The van der Waals surface area contributed by atoms with E-state index in [0.717, 1.165) is 5.75 Å². The maximum Gasteiger partial charge on any atom is 0.327 e. The van der Waals surface area contributed by atoms with Gasteiger partial charge in [-0.25, -0.2) is 10.6 Å². The van der Waals surface area contributed by atoms with Crippen molar-refractivity contribution in [1.82, 2.24) is 15.7 Å². The molecule has 14 heavy (non-hydrogen) atoms. The summed E-state index contributed by atoms with van der Waals surface area (Å²) >= 11 is 5.61. The van der Waals surface area contributed by atoms with Crippen LogP contribution in [0, 0.1) is 0 Å². The first-order valence-electron chi connectivity index (χ1n) is 3.22. The average Bonchev–Trinajstić information content (AvgIpc) is 2.05. The second-order valence-electron chi connectivity index (χ2n) is 1.53. The number of primary amides is 1. The summed E-state index contributed by atoms with van der Waals surface area (Å²) in [4.78, 5) is 12.4. The molecule has 0 aliphatic rings. The quantitative estimate of drug-likeness (QED) is 0.131. The molecule has 0 aliphatic heterocycles. The van der Waals surface area contributed by atoms with Crippen molar-refractivity contribution in [3.63, 3.8) is 0 Å². The molecule has 0 aliphatic carbocycles. The highest BCUT2D eigenvalue weighted by atomic mass is 79.9. The van der Waals surface area contributed by atoms with Gasteiger partial charge >= 0.3 is 6.03 Å². The van der Waals surface area contributed by atoms with Crippen molar-refractivity contribution in [2.75, 3.05) is 5.75 Å². The molecule has 0 unspecified atom stereocenters. The van der Waals surface area contributed by atoms with Crippen molar-refractivity contribution in [3.05, 3.63) is 0 Å². The zero-order valence-corrected chi connectivity index (χ0v) is 10.9. The van der Waals surface area contributed by atoms with E-state index in [-0.39, 0.29) is 22.1 Å². The molecule has 0 heterocycles. The summed E-state index contributed by atoms with van der Waals surface area (Å²) in [6.45, 7) is 1.96. The lowest BCUT2D eigenvalue weighted by Crippen LogP contribution is -2.37. The summed E-state index contributed by atoms with van der Waals surface area (Å²) in [5, 5.41) is 0.116. The van der Waals surface area contributed by atoms with Crippen LogP contribution in [0.1, 0.15) is 6.92 Å². The van der Waals surface area contributed by atoms with Crippen LogP contribution in [0.3, 0.4) is 0 Å². The lowest BCUT2D eigenvalue weighted by atomic mass is 11.0. The molecule has 0 spiro atoms. The number of carbonyl (C=O) groups excluding carboxylic acids is 1. The minimum absolute atomic E-state index is 0. The summed E-state index contributed by atoms with van der Waals surface area (Å²) in [5.74, 6) is 5.54. The van der Waals surface area contributed by atoms with E-state index in [2.05, 4.69) is 28.3 Å². The third-order valence-electron chi connectivity index (χ3n) is 0.533. The zero-order valence-electron chi connectivity index (χ0n) is 7.57. The predicted molar refractivity (Wildman–Crippen MR) is 68.4 cm³/mol. The number of hydrogen-bond donors (Lipinski definition) is 6. The molecule has 0 aromatic carbocycles. The molecule has 2 amide bonds. The number of nitrogens with one attached hydrogen (secondary N) is 3. The summed E-state index contributed by atoms with van der Waals surface area (Å²) in [7, 11) is 0. The monoisotopic (exact) mass is 306 g/mol. The SMILES string of the molecule is Br.CCSNNC(N)=O.NNC(N)=S. The summed E-state index contributed by atoms with van der Waals surface area (Å²) in [6, 6.07) is -0.564. The van der Waals surface area contributed by atoms with E-state index < -0.39 is 6.03 Å². The van der Waals surface area contributed by atoms with Gasteiger partial charge in [-0.3, -0.25) is 5.43 Å². The van der Waals surface area contributed by atoms with Crippen LogP contribution in [-0.4, -0.2) is 16.9 Å². The van der Waals surface area contributed by atoms with Crippen LogP contribution in [-0.2, 0) is 0 Å². The van der Waals surface area contributed by atoms with E-state index in [9.17, 15) is 4.79 Å². The van der Waals surface area contributed by atoms with Crippen molar-refractivity contribution < 1.29 is 4.79 Å². The van der Waals surface area contributed by atoms with E-state index >= 15 is 0 Å². The number of amides is 2. The molecule has 0 saturated heterocycles. The van der Waals surface area contributed by atoms with Crippen LogP contribution in [0.5, 0.6) is 0 Å². The van der Waals surface area contributed by atoms with Crippen molar-refractivity contribution >= 4 is 52.3 Å². The number of urea groups is 1. The molecule has 9 N–H and O–H groups in total. The maximum absolute atomic E-state index is 9.91. The number of hydrazine groups is 2. The molecule has 0 radical (unpaired) electrons. The first kappa shape index (κ1) is 19.3. The fourth-order valence-corrected chi connectivity index (χ4v) is 0.476. The van der Waals surface area contributed by atoms with E-state index in [1.54, 1.807) is 0 Å². The first-order chi connectivity index (χ1) is 6.04. The zero-order chi connectivity index (χ0) is 10.7. The largest absolute Gasteiger partial charge is 0.375 e. The fourth-order valence-electron chi connectivity index (χ4n) is 0.159. The van der Waals surface area contributed by atoms with Gasteiger partial charge in [0.1, 0.15) is 0 Å². The normalized spacial score (nSPS) is 7.29. The number of thiocarbonyl (C=S) groups is 1. The molecule has 0 aromatic rings. The Bertz CT molecular complexity index is 159. The number of hydrogen-bond acceptors (Lipinski definition) is 5. The molecule has 7 nitrogen and oxygen atoms in total. The lowest BCUT2D eigenvalue weighted by molar-refractivity contribution is 0.248. The molecular formula is C4H15BrN6OS2. The van der Waals surface area contributed by atoms with Crippen LogP contribution in [0.15, 0.2) is 0 Å². The van der Waals surface area contributed by atoms with Gasteiger partial charge in [-0.1, -0.05) is 18.9 Å². The molecule has 0 saturated carbocycles. The van der Waals surface area contributed by atoms with Gasteiger partial charge in [0.25, 0.3) is 0 Å². The second kappa shape index (κ2) is 15.2. The molecular weight excluding hydrogens is 292 g/mol. The lowest BCUT2D eigenvalue weighted by Gasteiger charge is -1.98. The molecule has 0 bridgehead atoms. The number of rotatable bonds is 3. The fraction of sp³-hybridized carbons (Fsp3) is 0.500. The average molecular weight is 307 g/mol. The van der Waals surface area contributed by atoms with E-state index in [4.69, 9.17) is 11.5 Å². The third kappa shape index (κ3) is 29.8. The molecule has 0 fully saturated rings. The van der Waals surface area contributed by atoms with Crippen LogP contribution < -0.4 is 33.0 Å². The van der Waals surface area contributed by atoms with E-state index in [0.29, 0.717) is 0 Å². The van der Waals surface area contributed by atoms with Crippen molar-refractivity contribution in [2.45, 2.75) is 6.92 Å². The van der Waals surface area contributed by atoms with E-state index in [1.165, 1.54) is 11.9 Å². The number of nitrogens with two attached hydrogens (primary N) is 3.